The van der Waals surface area contributed by atoms with Crippen LogP contribution in [0.2, 0.25) is 0 Å². The maximum absolute atomic E-state index is 9.00. The van der Waals surface area contributed by atoms with Crippen molar-refractivity contribution in [2.24, 2.45) is 0 Å². The Labute approximate surface area is 114 Å². The number of aliphatic hydroxyl groups is 1. The van der Waals surface area contributed by atoms with Crippen LogP contribution in [0.5, 0.6) is 11.5 Å². The number of rotatable bonds is 4. The molecule has 0 spiro atoms. The lowest BCUT2D eigenvalue weighted by Crippen LogP contribution is -1.93. The van der Waals surface area contributed by atoms with Crippen LogP contribution in [0.25, 0.3) is 0 Å². The molecule has 2 aromatic rings. The smallest absolute Gasteiger partial charge is 0.127 e. The molecule has 0 aliphatic heterocycles. The van der Waals surface area contributed by atoms with Crippen molar-refractivity contribution >= 4 is 0 Å². The van der Waals surface area contributed by atoms with E-state index < -0.39 is 0 Å². The van der Waals surface area contributed by atoms with E-state index >= 15 is 0 Å². The van der Waals surface area contributed by atoms with Crippen molar-refractivity contribution in [3.63, 3.8) is 0 Å². The average molecular weight is 256 g/mol. The third-order valence-corrected chi connectivity index (χ3v) is 3.20. The van der Waals surface area contributed by atoms with Crippen molar-refractivity contribution < 1.29 is 9.84 Å². The van der Waals surface area contributed by atoms with Gasteiger partial charge in [-0.25, -0.2) is 0 Å². The molecule has 0 saturated heterocycles. The molecule has 0 radical (unpaired) electrons. The van der Waals surface area contributed by atoms with Gasteiger partial charge in [-0.1, -0.05) is 32.0 Å². The predicted molar refractivity (Wildman–Crippen MR) is 77.7 cm³/mol. The predicted octanol–water partition coefficient (Wildman–Crippen LogP) is 4.40. The minimum Gasteiger partial charge on any atom is -0.457 e. The monoisotopic (exact) mass is 256 g/mol. The molecule has 0 atom stereocenters. The van der Waals surface area contributed by atoms with Gasteiger partial charge in [0.25, 0.3) is 0 Å². The molecule has 0 aliphatic rings. The van der Waals surface area contributed by atoms with Crippen molar-refractivity contribution in [2.75, 3.05) is 0 Å². The van der Waals surface area contributed by atoms with Gasteiger partial charge in [-0.05, 0) is 53.8 Å². The lowest BCUT2D eigenvalue weighted by atomic mass is 9.98. The summed E-state index contributed by atoms with van der Waals surface area (Å²) in [5.74, 6) is 2.16. The van der Waals surface area contributed by atoms with E-state index in [1.807, 2.05) is 30.3 Å². The van der Waals surface area contributed by atoms with Gasteiger partial charge in [-0.2, -0.15) is 0 Å². The highest BCUT2D eigenvalue weighted by atomic mass is 16.5. The molecule has 1 N–H and O–H groups in total. The Hall–Kier alpha value is -1.80. The minimum atomic E-state index is 0.0580. The summed E-state index contributed by atoms with van der Waals surface area (Å²) in [6, 6.07) is 13.7. The van der Waals surface area contributed by atoms with Gasteiger partial charge in [0.05, 0.1) is 6.61 Å². The molecule has 2 heteroatoms. The molecule has 19 heavy (non-hydrogen) atoms. The normalized spacial score (nSPS) is 10.8. The second-order valence-electron chi connectivity index (χ2n) is 5.08. The van der Waals surface area contributed by atoms with Gasteiger partial charge in [0, 0.05) is 0 Å². The fourth-order valence-corrected chi connectivity index (χ4v) is 2.16. The summed E-state index contributed by atoms with van der Waals surface area (Å²) in [7, 11) is 0. The Morgan fingerprint density at radius 2 is 1.63 bits per heavy atom. The molecule has 2 nitrogen and oxygen atoms in total. The molecule has 0 bridgehead atoms. The number of hydrogen-bond acceptors (Lipinski definition) is 2. The van der Waals surface area contributed by atoms with E-state index in [4.69, 9.17) is 9.84 Å². The maximum atomic E-state index is 9.00. The van der Waals surface area contributed by atoms with Crippen LogP contribution in [0, 0.1) is 6.92 Å². The topological polar surface area (TPSA) is 29.5 Å². The average Bonchev–Trinajstić information content (AvgIpc) is 2.39. The van der Waals surface area contributed by atoms with Gasteiger partial charge < -0.3 is 9.84 Å². The molecule has 0 heterocycles. The number of benzene rings is 2. The first-order chi connectivity index (χ1) is 9.10. The number of aryl methyl sites for hydroxylation is 1. The Morgan fingerprint density at radius 1 is 1.00 bits per heavy atom. The van der Waals surface area contributed by atoms with Crippen LogP contribution in [0.1, 0.15) is 36.5 Å². The van der Waals surface area contributed by atoms with Gasteiger partial charge in [0.1, 0.15) is 11.5 Å². The summed E-state index contributed by atoms with van der Waals surface area (Å²) in [4.78, 5) is 0. The van der Waals surface area contributed by atoms with Gasteiger partial charge in [0.15, 0.2) is 0 Å². The Kier molecular flexibility index (Phi) is 4.23. The zero-order chi connectivity index (χ0) is 13.8. The Balaban J connectivity index is 2.16. The highest BCUT2D eigenvalue weighted by Crippen LogP contribution is 2.27. The van der Waals surface area contributed by atoms with E-state index in [-0.39, 0.29) is 6.61 Å². The van der Waals surface area contributed by atoms with Crippen LogP contribution < -0.4 is 4.74 Å². The molecule has 2 aromatic carbocycles. The SMILES string of the molecule is Cc1cc(Oc2ccc(CO)cc2)ccc1C(C)C. The number of ether oxygens (including phenoxy) is 1. The zero-order valence-electron chi connectivity index (χ0n) is 11.7. The number of hydrogen-bond donors (Lipinski definition) is 1. The summed E-state index contributed by atoms with van der Waals surface area (Å²) < 4.78 is 5.81. The largest absolute Gasteiger partial charge is 0.457 e. The third-order valence-electron chi connectivity index (χ3n) is 3.20. The minimum absolute atomic E-state index is 0.0580. The lowest BCUT2D eigenvalue weighted by Gasteiger charge is -2.12. The maximum Gasteiger partial charge on any atom is 0.127 e. The first-order valence-electron chi connectivity index (χ1n) is 6.58. The zero-order valence-corrected chi connectivity index (χ0v) is 11.7. The van der Waals surface area contributed by atoms with Crippen LogP contribution in [0.3, 0.4) is 0 Å². The molecule has 0 aromatic heterocycles. The summed E-state index contributed by atoms with van der Waals surface area (Å²) in [5, 5.41) is 9.00. The van der Waals surface area contributed by atoms with E-state index in [9.17, 15) is 0 Å². The Morgan fingerprint density at radius 3 is 2.16 bits per heavy atom. The molecular formula is C17H20O2. The Bertz CT molecular complexity index is 542. The van der Waals surface area contributed by atoms with Crippen molar-refractivity contribution in [1.29, 1.82) is 0 Å². The van der Waals surface area contributed by atoms with E-state index in [1.165, 1.54) is 11.1 Å². The molecule has 0 saturated carbocycles. The van der Waals surface area contributed by atoms with Gasteiger partial charge in [-0.15, -0.1) is 0 Å². The van der Waals surface area contributed by atoms with Crippen LogP contribution in [0.15, 0.2) is 42.5 Å². The van der Waals surface area contributed by atoms with E-state index in [0.717, 1.165) is 17.1 Å². The second-order valence-corrected chi connectivity index (χ2v) is 5.08. The fraction of sp³-hybridized carbons (Fsp3) is 0.294. The lowest BCUT2D eigenvalue weighted by molar-refractivity contribution is 0.281. The van der Waals surface area contributed by atoms with Crippen LogP contribution >= 0.6 is 0 Å². The molecule has 0 unspecified atom stereocenters. The summed E-state index contributed by atoms with van der Waals surface area (Å²) in [6.45, 7) is 6.55. The first-order valence-corrected chi connectivity index (χ1v) is 6.58. The highest BCUT2D eigenvalue weighted by Gasteiger charge is 2.05. The van der Waals surface area contributed by atoms with Crippen molar-refractivity contribution in [3.8, 4) is 11.5 Å². The van der Waals surface area contributed by atoms with Gasteiger partial charge in [0.2, 0.25) is 0 Å². The summed E-state index contributed by atoms with van der Waals surface area (Å²) in [6.07, 6.45) is 0. The van der Waals surface area contributed by atoms with Gasteiger partial charge in [-0.3, -0.25) is 0 Å². The molecular weight excluding hydrogens is 236 g/mol. The van der Waals surface area contributed by atoms with E-state index in [2.05, 4.69) is 32.9 Å². The standard InChI is InChI=1S/C17H20O2/c1-12(2)17-9-8-16(10-13(17)3)19-15-6-4-14(11-18)5-7-15/h4-10,12,18H,11H2,1-3H3. The van der Waals surface area contributed by atoms with Gasteiger partial charge >= 0.3 is 0 Å². The third kappa shape index (κ3) is 3.36. The van der Waals surface area contributed by atoms with Crippen LogP contribution in [-0.2, 0) is 6.61 Å². The highest BCUT2D eigenvalue weighted by molar-refractivity contribution is 5.39. The van der Waals surface area contributed by atoms with Crippen LogP contribution in [-0.4, -0.2) is 5.11 Å². The summed E-state index contributed by atoms with van der Waals surface area (Å²) in [5.41, 5.74) is 3.49. The number of aliphatic hydroxyl groups excluding tert-OH is 1. The molecule has 0 fully saturated rings. The van der Waals surface area contributed by atoms with Crippen molar-refractivity contribution in [3.05, 3.63) is 59.2 Å². The molecule has 2 rings (SSSR count). The molecule has 0 aliphatic carbocycles. The van der Waals surface area contributed by atoms with Crippen molar-refractivity contribution in [2.45, 2.75) is 33.3 Å². The fourth-order valence-electron chi connectivity index (χ4n) is 2.16. The van der Waals surface area contributed by atoms with E-state index in [0.29, 0.717) is 5.92 Å². The summed E-state index contributed by atoms with van der Waals surface area (Å²) >= 11 is 0. The first kappa shape index (κ1) is 13.6. The quantitative estimate of drug-likeness (QED) is 0.878. The second kappa shape index (κ2) is 5.89. The van der Waals surface area contributed by atoms with E-state index in [1.54, 1.807) is 0 Å². The van der Waals surface area contributed by atoms with Crippen molar-refractivity contribution in [1.82, 2.24) is 0 Å². The molecule has 0 amide bonds. The molecule has 100 valence electrons. The van der Waals surface area contributed by atoms with Crippen LogP contribution in [0.4, 0.5) is 0 Å².